The second-order valence-corrected chi connectivity index (χ2v) is 10.9. The highest BCUT2D eigenvalue weighted by Crippen LogP contribution is 2.29. The first kappa shape index (κ1) is 18.9. The summed E-state index contributed by atoms with van der Waals surface area (Å²) in [6.45, 7) is 4.57. The van der Waals surface area contributed by atoms with Crippen LogP contribution in [0, 0.1) is 0 Å². The molecule has 1 heterocycles. The molecule has 140 valence electrons. The summed E-state index contributed by atoms with van der Waals surface area (Å²) in [4.78, 5) is 2.57. The largest absolute Gasteiger partial charge is 0.398 e. The number of anilines is 1. The second kappa shape index (κ2) is 9.17. The van der Waals surface area contributed by atoms with Crippen molar-refractivity contribution in [2.45, 2.75) is 63.3 Å². The third kappa shape index (κ3) is 5.30. The van der Waals surface area contributed by atoms with Crippen LogP contribution in [0.3, 0.4) is 0 Å². The van der Waals surface area contributed by atoms with Crippen LogP contribution in [0.2, 0.25) is 12.6 Å². The second-order valence-electron chi connectivity index (χ2n) is 7.54. The van der Waals surface area contributed by atoms with E-state index in [4.69, 9.17) is 13.6 Å². The monoisotopic (exact) mass is 363 g/mol. The van der Waals surface area contributed by atoms with Gasteiger partial charge < -0.3 is 18.5 Å². The molecule has 0 N–H and O–H groups in total. The number of hydrogen-bond donors (Lipinski definition) is 0. The number of ether oxygens (including phenoxy) is 1. The van der Waals surface area contributed by atoms with Crippen molar-refractivity contribution in [2.24, 2.45) is 0 Å². The van der Waals surface area contributed by atoms with Crippen molar-refractivity contribution >= 4 is 14.2 Å². The van der Waals surface area contributed by atoms with E-state index in [2.05, 4.69) is 41.8 Å². The zero-order valence-corrected chi connectivity index (χ0v) is 16.8. The molecule has 5 heteroatoms. The molecule has 1 saturated heterocycles. The smallest absolute Gasteiger partial charge is 0.335 e. The number of hydrogen-bond acceptors (Lipinski definition) is 4. The standard InChI is InChI=1S/C20H33NO3Si/c1-22-25(2)15-9-14-23-17-20(24-25)16-21(18-10-5-3-6-11-18)19-12-7-4-8-13-19/h3,5-6,10-11,19-20H,4,7-9,12-17H2,1-2H3. The predicted octanol–water partition coefficient (Wildman–Crippen LogP) is 4.35. The summed E-state index contributed by atoms with van der Waals surface area (Å²) in [5.74, 6) is 0. The van der Waals surface area contributed by atoms with E-state index < -0.39 is 8.56 Å². The van der Waals surface area contributed by atoms with E-state index in [1.54, 1.807) is 0 Å². The molecule has 0 amide bonds. The van der Waals surface area contributed by atoms with Gasteiger partial charge in [0.05, 0.1) is 12.7 Å². The Morgan fingerprint density at radius 3 is 2.60 bits per heavy atom. The normalized spacial score (nSPS) is 29.0. The summed E-state index contributed by atoms with van der Waals surface area (Å²) >= 11 is 0. The van der Waals surface area contributed by atoms with Crippen LogP contribution in [0.4, 0.5) is 5.69 Å². The molecule has 1 aromatic rings. The minimum Gasteiger partial charge on any atom is -0.398 e. The molecular formula is C20H33NO3Si. The minimum atomic E-state index is -2.08. The van der Waals surface area contributed by atoms with Gasteiger partial charge in [0.15, 0.2) is 0 Å². The Morgan fingerprint density at radius 2 is 1.88 bits per heavy atom. The first-order valence-electron chi connectivity index (χ1n) is 9.82. The highest BCUT2D eigenvalue weighted by atomic mass is 28.4. The summed E-state index contributed by atoms with van der Waals surface area (Å²) < 4.78 is 18.2. The zero-order chi connectivity index (χ0) is 17.5. The highest BCUT2D eigenvalue weighted by Gasteiger charge is 2.36. The maximum Gasteiger partial charge on any atom is 0.335 e. The van der Waals surface area contributed by atoms with Crippen LogP contribution in [0.25, 0.3) is 0 Å². The molecule has 2 aliphatic rings. The molecule has 2 atom stereocenters. The third-order valence-corrected chi connectivity index (χ3v) is 8.53. The van der Waals surface area contributed by atoms with Crippen molar-refractivity contribution in [3.05, 3.63) is 30.3 Å². The van der Waals surface area contributed by atoms with Crippen molar-refractivity contribution in [1.29, 1.82) is 0 Å². The zero-order valence-electron chi connectivity index (χ0n) is 15.8. The van der Waals surface area contributed by atoms with Gasteiger partial charge in [-0.3, -0.25) is 0 Å². The lowest BCUT2D eigenvalue weighted by Gasteiger charge is -2.40. The fraction of sp³-hybridized carbons (Fsp3) is 0.700. The maximum absolute atomic E-state index is 6.52. The van der Waals surface area contributed by atoms with Crippen molar-refractivity contribution < 1.29 is 13.6 Å². The van der Waals surface area contributed by atoms with Crippen molar-refractivity contribution in [3.8, 4) is 0 Å². The molecule has 1 saturated carbocycles. The topological polar surface area (TPSA) is 30.9 Å². The Morgan fingerprint density at radius 1 is 1.12 bits per heavy atom. The van der Waals surface area contributed by atoms with E-state index in [0.29, 0.717) is 12.6 Å². The molecule has 1 aliphatic carbocycles. The van der Waals surface area contributed by atoms with Gasteiger partial charge in [0.2, 0.25) is 0 Å². The maximum atomic E-state index is 6.52. The molecular weight excluding hydrogens is 330 g/mol. The van der Waals surface area contributed by atoms with E-state index in [0.717, 1.165) is 25.6 Å². The molecule has 0 aromatic heterocycles. The molecule has 2 unspecified atom stereocenters. The van der Waals surface area contributed by atoms with Gasteiger partial charge in [0.25, 0.3) is 0 Å². The Labute approximate surface area is 153 Å². The Bertz CT molecular complexity index is 509. The molecule has 0 bridgehead atoms. The highest BCUT2D eigenvalue weighted by molar-refractivity contribution is 6.66. The molecule has 1 aromatic carbocycles. The summed E-state index contributed by atoms with van der Waals surface area (Å²) in [7, 11) is -0.273. The average Bonchev–Trinajstić information content (AvgIpc) is 2.65. The predicted molar refractivity (Wildman–Crippen MR) is 104 cm³/mol. The number of nitrogens with zero attached hydrogens (tertiary/aromatic N) is 1. The van der Waals surface area contributed by atoms with Gasteiger partial charge in [-0.1, -0.05) is 37.5 Å². The molecule has 3 rings (SSSR count). The molecule has 25 heavy (non-hydrogen) atoms. The van der Waals surface area contributed by atoms with E-state index in [9.17, 15) is 0 Å². The lowest BCUT2D eigenvalue weighted by atomic mass is 9.93. The summed E-state index contributed by atoms with van der Waals surface area (Å²) in [6, 6.07) is 12.4. The van der Waals surface area contributed by atoms with E-state index in [-0.39, 0.29) is 6.10 Å². The van der Waals surface area contributed by atoms with E-state index in [1.807, 2.05) is 7.11 Å². The number of rotatable bonds is 5. The Kier molecular flexibility index (Phi) is 6.93. The molecule has 1 aliphatic heterocycles. The van der Waals surface area contributed by atoms with Gasteiger partial charge >= 0.3 is 8.56 Å². The molecule has 0 radical (unpaired) electrons. The van der Waals surface area contributed by atoms with Gasteiger partial charge in [-0.15, -0.1) is 0 Å². The van der Waals surface area contributed by atoms with Gasteiger partial charge in [0, 0.05) is 32.0 Å². The lowest BCUT2D eigenvalue weighted by Crippen LogP contribution is -2.50. The van der Waals surface area contributed by atoms with Crippen LogP contribution in [0.15, 0.2) is 30.3 Å². The third-order valence-electron chi connectivity index (χ3n) is 5.57. The van der Waals surface area contributed by atoms with Crippen LogP contribution in [-0.2, 0) is 13.6 Å². The van der Waals surface area contributed by atoms with E-state index in [1.165, 1.54) is 37.8 Å². The molecule has 2 fully saturated rings. The van der Waals surface area contributed by atoms with Crippen molar-refractivity contribution in [1.82, 2.24) is 0 Å². The Balaban J connectivity index is 1.75. The molecule has 4 nitrogen and oxygen atoms in total. The van der Waals surface area contributed by atoms with Gasteiger partial charge in [-0.25, -0.2) is 0 Å². The summed E-state index contributed by atoms with van der Waals surface area (Å²) in [6.07, 6.45) is 7.72. The van der Waals surface area contributed by atoms with Crippen LogP contribution < -0.4 is 4.90 Å². The first-order valence-corrected chi connectivity index (χ1v) is 12.3. The van der Waals surface area contributed by atoms with E-state index >= 15 is 0 Å². The van der Waals surface area contributed by atoms with Gasteiger partial charge in [-0.05, 0) is 44.0 Å². The number of benzene rings is 1. The lowest BCUT2D eigenvalue weighted by molar-refractivity contribution is 0.0199. The average molecular weight is 364 g/mol. The van der Waals surface area contributed by atoms with Crippen LogP contribution in [-0.4, -0.2) is 47.6 Å². The minimum absolute atomic E-state index is 0.0825. The van der Waals surface area contributed by atoms with Crippen LogP contribution in [0.1, 0.15) is 38.5 Å². The van der Waals surface area contributed by atoms with Gasteiger partial charge in [-0.2, -0.15) is 0 Å². The Hall–Kier alpha value is -0.883. The van der Waals surface area contributed by atoms with Crippen LogP contribution in [0.5, 0.6) is 0 Å². The SMILES string of the molecule is CO[Si]1(C)CCCOCC(CN(c2ccccc2)C2CCCCC2)O1. The van der Waals surface area contributed by atoms with Gasteiger partial charge in [0.1, 0.15) is 0 Å². The van der Waals surface area contributed by atoms with Crippen LogP contribution >= 0.6 is 0 Å². The number of para-hydroxylation sites is 1. The quantitative estimate of drug-likeness (QED) is 0.728. The van der Waals surface area contributed by atoms with Crippen molar-refractivity contribution in [3.63, 3.8) is 0 Å². The van der Waals surface area contributed by atoms with Crippen molar-refractivity contribution in [2.75, 3.05) is 31.8 Å². The fourth-order valence-electron chi connectivity index (χ4n) is 4.09. The fourth-order valence-corrected chi connectivity index (χ4v) is 6.15. The first-order chi connectivity index (χ1) is 12.2. The molecule has 0 spiro atoms. The summed E-state index contributed by atoms with van der Waals surface area (Å²) in [5, 5.41) is 0. The summed E-state index contributed by atoms with van der Waals surface area (Å²) in [5.41, 5.74) is 1.31.